The Balaban J connectivity index is 1.57. The highest BCUT2D eigenvalue weighted by Crippen LogP contribution is 2.45. The molecule has 0 bridgehead atoms. The smallest absolute Gasteiger partial charge is 0.267 e. The molecule has 1 amide bonds. The topological polar surface area (TPSA) is 32.7 Å². The monoisotopic (exact) mass is 506 g/mol. The molecule has 0 spiro atoms. The van der Waals surface area contributed by atoms with Crippen molar-refractivity contribution < 1.29 is 13.6 Å². The number of hydrogen-bond donors (Lipinski definition) is 0. The second kappa shape index (κ2) is 9.02. The Morgan fingerprint density at radius 3 is 2.24 bits per heavy atom. The van der Waals surface area contributed by atoms with Gasteiger partial charge in [-0.3, -0.25) is 4.79 Å². The fourth-order valence-corrected chi connectivity index (χ4v) is 4.91. The lowest BCUT2D eigenvalue weighted by atomic mass is 9.77. The minimum Gasteiger partial charge on any atom is -0.267 e. The molecule has 2 atom stereocenters. The van der Waals surface area contributed by atoms with Crippen LogP contribution in [0.1, 0.15) is 46.8 Å². The number of fused-ring (bicyclic) bond motifs is 1. The third kappa shape index (κ3) is 4.40. The van der Waals surface area contributed by atoms with Gasteiger partial charge in [-0.1, -0.05) is 40.2 Å². The van der Waals surface area contributed by atoms with E-state index in [1.165, 1.54) is 24.3 Å². The summed E-state index contributed by atoms with van der Waals surface area (Å²) >= 11 is 3.41. The molecule has 33 heavy (non-hydrogen) atoms. The summed E-state index contributed by atoms with van der Waals surface area (Å²) in [6.07, 6.45) is 4.70. The summed E-state index contributed by atoms with van der Waals surface area (Å²) in [5.41, 5.74) is 4.22. The largest absolute Gasteiger partial charge is 0.274 e. The number of nitrogens with zero attached hydrogens (tertiary/aromatic N) is 2. The van der Waals surface area contributed by atoms with Crippen LogP contribution in [0.2, 0.25) is 0 Å². The highest BCUT2D eigenvalue weighted by Gasteiger charge is 2.43. The molecular weight excluding hydrogens is 486 g/mol. The standard InChI is InChI=1S/C27H21BrF2N2O/c28-21-10-6-19(7-11-21)27(33)32-26(18-8-14-23(30)15-9-18)24-3-1-2-20(25(24)31-32)16-17-4-12-22(29)13-5-17/h4-16,24,26H,1-3H2/b20-16+/t24-,26-/m1/s1. The van der Waals surface area contributed by atoms with Gasteiger partial charge in [0, 0.05) is 16.0 Å². The van der Waals surface area contributed by atoms with Crippen molar-refractivity contribution in [2.75, 3.05) is 0 Å². The van der Waals surface area contributed by atoms with Crippen LogP contribution in [-0.2, 0) is 0 Å². The van der Waals surface area contributed by atoms with E-state index in [1.54, 1.807) is 41.4 Å². The predicted molar refractivity (Wildman–Crippen MR) is 129 cm³/mol. The van der Waals surface area contributed by atoms with Gasteiger partial charge in [0.15, 0.2) is 0 Å². The van der Waals surface area contributed by atoms with Crippen molar-refractivity contribution in [1.29, 1.82) is 0 Å². The molecule has 166 valence electrons. The second-order valence-corrected chi connectivity index (χ2v) is 9.27. The van der Waals surface area contributed by atoms with E-state index in [-0.39, 0.29) is 29.5 Å². The van der Waals surface area contributed by atoms with Crippen LogP contribution in [0, 0.1) is 17.6 Å². The van der Waals surface area contributed by atoms with E-state index in [0.717, 1.165) is 46.1 Å². The van der Waals surface area contributed by atoms with Gasteiger partial charge in [-0.05, 0) is 90.6 Å². The number of rotatable bonds is 3. The summed E-state index contributed by atoms with van der Waals surface area (Å²) in [6.45, 7) is 0. The van der Waals surface area contributed by atoms with E-state index in [9.17, 15) is 13.6 Å². The van der Waals surface area contributed by atoms with E-state index in [2.05, 4.69) is 15.9 Å². The minimum absolute atomic E-state index is 0.00954. The molecule has 0 unspecified atom stereocenters. The average molecular weight is 507 g/mol. The molecule has 0 N–H and O–H groups in total. The highest BCUT2D eigenvalue weighted by atomic mass is 79.9. The van der Waals surface area contributed by atoms with Crippen molar-refractivity contribution >= 4 is 33.6 Å². The zero-order valence-corrected chi connectivity index (χ0v) is 19.3. The molecule has 1 heterocycles. The number of allylic oxidation sites excluding steroid dienone is 1. The number of hydrogen-bond acceptors (Lipinski definition) is 2. The Morgan fingerprint density at radius 2 is 1.58 bits per heavy atom. The molecule has 6 heteroatoms. The maximum atomic E-state index is 13.6. The lowest BCUT2D eigenvalue weighted by Crippen LogP contribution is -2.31. The maximum Gasteiger partial charge on any atom is 0.274 e. The number of amides is 1. The Bertz CT molecular complexity index is 1230. The fourth-order valence-electron chi connectivity index (χ4n) is 4.65. The Hall–Kier alpha value is -3.12. The molecule has 3 aromatic rings. The van der Waals surface area contributed by atoms with Crippen molar-refractivity contribution in [3.8, 4) is 0 Å². The Morgan fingerprint density at radius 1 is 0.939 bits per heavy atom. The van der Waals surface area contributed by atoms with Crippen LogP contribution >= 0.6 is 15.9 Å². The van der Waals surface area contributed by atoms with Gasteiger partial charge in [-0.25, -0.2) is 13.8 Å². The SMILES string of the molecule is O=C(c1ccc(Br)cc1)N1N=C2/C(=C/c3ccc(F)cc3)CCC[C@H]2[C@H]1c1ccc(F)cc1. The van der Waals surface area contributed by atoms with Crippen molar-refractivity contribution in [3.63, 3.8) is 0 Å². The van der Waals surface area contributed by atoms with E-state index in [1.807, 2.05) is 18.2 Å². The van der Waals surface area contributed by atoms with Gasteiger partial charge in [0.1, 0.15) is 11.6 Å². The molecule has 2 aliphatic rings. The van der Waals surface area contributed by atoms with Crippen LogP contribution in [0.5, 0.6) is 0 Å². The number of benzene rings is 3. The van der Waals surface area contributed by atoms with E-state index in [0.29, 0.717) is 5.56 Å². The summed E-state index contributed by atoms with van der Waals surface area (Å²) in [5, 5.41) is 6.39. The number of carbonyl (C=O) groups is 1. The van der Waals surface area contributed by atoms with Crippen LogP contribution in [0.3, 0.4) is 0 Å². The molecule has 0 aromatic heterocycles. The van der Waals surface area contributed by atoms with Gasteiger partial charge >= 0.3 is 0 Å². The molecule has 3 aromatic carbocycles. The van der Waals surface area contributed by atoms with Crippen LogP contribution in [0.15, 0.2) is 87.9 Å². The molecule has 5 rings (SSSR count). The summed E-state index contributed by atoms with van der Waals surface area (Å²) in [5.74, 6) is -0.779. The lowest BCUT2D eigenvalue weighted by Gasteiger charge is -2.29. The minimum atomic E-state index is -0.316. The maximum absolute atomic E-state index is 13.6. The average Bonchev–Trinajstić information content (AvgIpc) is 3.22. The third-order valence-corrected chi connectivity index (χ3v) is 6.75. The summed E-state index contributed by atoms with van der Waals surface area (Å²) in [4.78, 5) is 13.5. The first-order valence-electron chi connectivity index (χ1n) is 10.9. The first kappa shape index (κ1) is 21.7. The molecule has 1 saturated carbocycles. The van der Waals surface area contributed by atoms with E-state index in [4.69, 9.17) is 5.10 Å². The van der Waals surface area contributed by atoms with Crippen molar-refractivity contribution in [2.24, 2.45) is 11.0 Å². The van der Waals surface area contributed by atoms with Crippen molar-refractivity contribution in [2.45, 2.75) is 25.3 Å². The molecular formula is C27H21BrF2N2O. The molecule has 1 aliphatic carbocycles. The molecule has 0 saturated heterocycles. The van der Waals surface area contributed by atoms with E-state index >= 15 is 0 Å². The van der Waals surface area contributed by atoms with Gasteiger partial charge in [-0.2, -0.15) is 5.10 Å². The molecule has 0 radical (unpaired) electrons. The zero-order valence-electron chi connectivity index (χ0n) is 17.7. The fraction of sp³-hybridized carbons (Fsp3) is 0.185. The second-order valence-electron chi connectivity index (χ2n) is 8.36. The third-order valence-electron chi connectivity index (χ3n) is 6.22. The quantitative estimate of drug-likeness (QED) is 0.370. The van der Waals surface area contributed by atoms with Crippen molar-refractivity contribution in [3.05, 3.63) is 111 Å². The lowest BCUT2D eigenvalue weighted by molar-refractivity contribution is 0.0681. The van der Waals surface area contributed by atoms with Gasteiger partial charge in [0.25, 0.3) is 5.91 Å². The molecule has 3 nitrogen and oxygen atoms in total. The van der Waals surface area contributed by atoms with Gasteiger partial charge in [0.2, 0.25) is 0 Å². The van der Waals surface area contributed by atoms with E-state index < -0.39 is 0 Å². The summed E-state index contributed by atoms with van der Waals surface area (Å²) < 4.78 is 27.9. The summed E-state index contributed by atoms with van der Waals surface area (Å²) in [6, 6.07) is 19.6. The van der Waals surface area contributed by atoms with Gasteiger partial charge in [0.05, 0.1) is 11.8 Å². The van der Waals surface area contributed by atoms with Gasteiger partial charge in [-0.15, -0.1) is 0 Å². The first-order valence-corrected chi connectivity index (χ1v) is 11.7. The Labute approximate surface area is 199 Å². The predicted octanol–water partition coefficient (Wildman–Crippen LogP) is 7.16. The Kier molecular flexibility index (Phi) is 5.94. The number of carbonyl (C=O) groups excluding carboxylic acids is 1. The summed E-state index contributed by atoms with van der Waals surface area (Å²) in [7, 11) is 0. The van der Waals surface area contributed by atoms with Crippen LogP contribution < -0.4 is 0 Å². The number of hydrazone groups is 1. The first-order chi connectivity index (χ1) is 16.0. The molecule has 1 fully saturated rings. The van der Waals surface area contributed by atoms with Gasteiger partial charge < -0.3 is 0 Å². The van der Waals surface area contributed by atoms with Crippen LogP contribution in [0.4, 0.5) is 8.78 Å². The number of halogens is 3. The normalized spacial score (nSPS) is 21.1. The highest BCUT2D eigenvalue weighted by molar-refractivity contribution is 9.10. The van der Waals surface area contributed by atoms with Crippen LogP contribution in [0.25, 0.3) is 6.08 Å². The zero-order chi connectivity index (χ0) is 22.9. The van der Waals surface area contributed by atoms with Crippen molar-refractivity contribution in [1.82, 2.24) is 5.01 Å². The van der Waals surface area contributed by atoms with Crippen LogP contribution in [-0.4, -0.2) is 16.6 Å². The molecule has 1 aliphatic heterocycles.